The molecule has 160 valence electrons. The molecule has 1 aliphatic heterocycles. The summed E-state index contributed by atoms with van der Waals surface area (Å²) in [6.45, 7) is 1.66. The van der Waals surface area contributed by atoms with Gasteiger partial charge in [0.25, 0.3) is 17.7 Å². The zero-order chi connectivity index (χ0) is 22.5. The molecule has 1 aliphatic rings. The molecule has 1 heterocycles. The number of carbonyl (C=O) groups excluding carboxylic acids is 3. The third kappa shape index (κ3) is 5.07. The van der Waals surface area contributed by atoms with Crippen molar-refractivity contribution in [3.05, 3.63) is 59.2 Å². The average Bonchev–Trinajstić information content (AvgIpc) is 2.75. The van der Waals surface area contributed by atoms with Crippen LogP contribution in [0.5, 0.6) is 11.5 Å². The number of hydrogen-bond acceptors (Lipinski definition) is 6. The lowest BCUT2D eigenvalue weighted by molar-refractivity contribution is -0.128. The van der Waals surface area contributed by atoms with Gasteiger partial charge >= 0.3 is 0 Å². The fraction of sp³-hybridized carbons (Fsp3) is 0.182. The van der Waals surface area contributed by atoms with E-state index in [2.05, 4.69) is 10.6 Å². The van der Waals surface area contributed by atoms with Crippen LogP contribution in [0.3, 0.4) is 0 Å². The van der Waals surface area contributed by atoms with Crippen LogP contribution in [0.2, 0.25) is 0 Å². The number of carbonyl (C=O) groups is 3. The molecule has 0 saturated carbocycles. The van der Waals surface area contributed by atoms with Gasteiger partial charge in [-0.2, -0.15) is 0 Å². The molecule has 0 bridgehead atoms. The summed E-state index contributed by atoms with van der Waals surface area (Å²) >= 11 is 4.95. The SMILES string of the molecule is COc1cccc(/C=C2\C(=O)NC(=S)N(C)C2=O)c1OCC(=O)Nc1ccc(C)cc1. The van der Waals surface area contributed by atoms with E-state index in [-0.39, 0.29) is 28.9 Å². The number of hydrogen-bond donors (Lipinski definition) is 2. The van der Waals surface area contributed by atoms with Crippen molar-refractivity contribution in [1.82, 2.24) is 10.2 Å². The van der Waals surface area contributed by atoms with E-state index < -0.39 is 11.8 Å². The fourth-order valence-electron chi connectivity index (χ4n) is 2.83. The van der Waals surface area contributed by atoms with Gasteiger partial charge in [-0.1, -0.05) is 29.8 Å². The van der Waals surface area contributed by atoms with E-state index in [9.17, 15) is 14.4 Å². The molecule has 31 heavy (non-hydrogen) atoms. The second-order valence-corrected chi connectivity index (χ2v) is 7.15. The first-order chi connectivity index (χ1) is 14.8. The Morgan fingerprint density at radius 2 is 1.90 bits per heavy atom. The van der Waals surface area contributed by atoms with Gasteiger partial charge in [-0.05, 0) is 43.4 Å². The first kappa shape index (κ1) is 22.0. The molecular formula is C22H21N3O5S. The minimum absolute atomic E-state index is 0.0297. The molecule has 0 aromatic heterocycles. The van der Waals surface area contributed by atoms with E-state index in [0.717, 1.165) is 10.5 Å². The second kappa shape index (κ2) is 9.40. The maximum Gasteiger partial charge on any atom is 0.265 e. The predicted octanol–water partition coefficient (Wildman–Crippen LogP) is 2.28. The van der Waals surface area contributed by atoms with Gasteiger partial charge in [0, 0.05) is 18.3 Å². The molecule has 3 amide bonds. The van der Waals surface area contributed by atoms with Crippen molar-refractivity contribution in [2.24, 2.45) is 0 Å². The van der Waals surface area contributed by atoms with E-state index in [1.165, 1.54) is 20.2 Å². The summed E-state index contributed by atoms with van der Waals surface area (Å²) < 4.78 is 11.0. The zero-order valence-corrected chi connectivity index (χ0v) is 18.0. The van der Waals surface area contributed by atoms with Crippen molar-refractivity contribution >= 4 is 46.8 Å². The van der Waals surface area contributed by atoms with Crippen LogP contribution in [0.1, 0.15) is 11.1 Å². The normalized spacial score (nSPS) is 15.0. The zero-order valence-electron chi connectivity index (χ0n) is 17.2. The molecule has 2 N–H and O–H groups in total. The summed E-state index contributed by atoms with van der Waals surface area (Å²) in [5, 5.41) is 5.23. The lowest BCUT2D eigenvalue weighted by Crippen LogP contribution is -2.52. The van der Waals surface area contributed by atoms with Crippen molar-refractivity contribution in [3.63, 3.8) is 0 Å². The minimum atomic E-state index is -0.612. The molecule has 0 aliphatic carbocycles. The molecule has 2 aromatic carbocycles. The third-order valence-corrected chi connectivity index (χ3v) is 4.89. The summed E-state index contributed by atoms with van der Waals surface area (Å²) in [4.78, 5) is 38.2. The van der Waals surface area contributed by atoms with Gasteiger partial charge in [0.15, 0.2) is 23.2 Å². The Kier molecular flexibility index (Phi) is 6.66. The Bertz CT molecular complexity index is 1080. The van der Waals surface area contributed by atoms with Gasteiger partial charge in [0.1, 0.15) is 5.57 Å². The van der Waals surface area contributed by atoms with Crippen LogP contribution in [-0.4, -0.2) is 48.5 Å². The van der Waals surface area contributed by atoms with E-state index in [1.54, 1.807) is 30.3 Å². The highest BCUT2D eigenvalue weighted by Crippen LogP contribution is 2.33. The monoisotopic (exact) mass is 439 g/mol. The maximum absolute atomic E-state index is 12.5. The highest BCUT2D eigenvalue weighted by atomic mass is 32.1. The average molecular weight is 439 g/mol. The summed E-state index contributed by atoms with van der Waals surface area (Å²) in [6.07, 6.45) is 1.38. The molecule has 9 heteroatoms. The lowest BCUT2D eigenvalue weighted by Gasteiger charge is -2.25. The minimum Gasteiger partial charge on any atom is -0.493 e. The Morgan fingerprint density at radius 3 is 2.58 bits per heavy atom. The molecule has 0 unspecified atom stereocenters. The number of para-hydroxylation sites is 1. The van der Waals surface area contributed by atoms with Crippen molar-refractivity contribution in [1.29, 1.82) is 0 Å². The molecule has 1 saturated heterocycles. The molecule has 8 nitrogen and oxygen atoms in total. The lowest BCUT2D eigenvalue weighted by atomic mass is 10.1. The number of nitrogens with one attached hydrogen (secondary N) is 2. The molecule has 0 atom stereocenters. The van der Waals surface area contributed by atoms with Gasteiger partial charge < -0.3 is 14.8 Å². The van der Waals surface area contributed by atoms with Crippen LogP contribution in [0.15, 0.2) is 48.0 Å². The van der Waals surface area contributed by atoms with Gasteiger partial charge in [0.05, 0.1) is 7.11 Å². The number of methoxy groups -OCH3 is 1. The number of nitrogens with zero attached hydrogens (tertiary/aromatic N) is 1. The highest BCUT2D eigenvalue weighted by molar-refractivity contribution is 7.80. The first-order valence-corrected chi connectivity index (χ1v) is 9.72. The number of benzene rings is 2. The smallest absolute Gasteiger partial charge is 0.265 e. The van der Waals surface area contributed by atoms with E-state index in [0.29, 0.717) is 17.0 Å². The van der Waals surface area contributed by atoms with E-state index in [4.69, 9.17) is 21.7 Å². The Hall–Kier alpha value is -3.72. The first-order valence-electron chi connectivity index (χ1n) is 9.31. The Labute approximate surface area is 184 Å². The summed E-state index contributed by atoms with van der Waals surface area (Å²) in [5.74, 6) is -0.943. The number of ether oxygens (including phenoxy) is 2. The highest BCUT2D eigenvalue weighted by Gasteiger charge is 2.31. The van der Waals surface area contributed by atoms with Gasteiger partial charge in [-0.3, -0.25) is 24.6 Å². The third-order valence-electron chi connectivity index (χ3n) is 4.52. The number of rotatable bonds is 6. The van der Waals surface area contributed by atoms with E-state index in [1.807, 2.05) is 19.1 Å². The molecule has 0 spiro atoms. The summed E-state index contributed by atoms with van der Waals surface area (Å²) in [5.41, 5.74) is 2.01. The van der Waals surface area contributed by atoms with Crippen molar-refractivity contribution in [2.45, 2.75) is 6.92 Å². The van der Waals surface area contributed by atoms with Crippen LogP contribution in [-0.2, 0) is 14.4 Å². The summed E-state index contributed by atoms with van der Waals surface area (Å²) in [6, 6.07) is 12.3. The molecule has 1 fully saturated rings. The van der Waals surface area contributed by atoms with Crippen LogP contribution in [0.25, 0.3) is 6.08 Å². The molecular weight excluding hydrogens is 418 g/mol. The fourth-order valence-corrected chi connectivity index (χ4v) is 3.01. The number of thiocarbonyl (C=S) groups is 1. The quantitative estimate of drug-likeness (QED) is 0.407. The van der Waals surface area contributed by atoms with Crippen LogP contribution in [0, 0.1) is 6.92 Å². The molecule has 2 aromatic rings. The second-order valence-electron chi connectivity index (χ2n) is 6.76. The van der Waals surface area contributed by atoms with Gasteiger partial charge in [-0.15, -0.1) is 0 Å². The topological polar surface area (TPSA) is 97.0 Å². The number of anilines is 1. The van der Waals surface area contributed by atoms with Crippen LogP contribution in [0.4, 0.5) is 5.69 Å². The van der Waals surface area contributed by atoms with E-state index >= 15 is 0 Å². The van der Waals surface area contributed by atoms with Crippen LogP contribution >= 0.6 is 12.2 Å². The Morgan fingerprint density at radius 1 is 1.19 bits per heavy atom. The summed E-state index contributed by atoms with van der Waals surface area (Å²) in [7, 11) is 2.92. The number of aryl methyl sites for hydroxylation is 1. The predicted molar refractivity (Wildman–Crippen MR) is 120 cm³/mol. The van der Waals surface area contributed by atoms with Crippen molar-refractivity contribution in [2.75, 3.05) is 26.1 Å². The Balaban J connectivity index is 1.83. The molecule has 3 rings (SSSR count). The number of amides is 3. The van der Waals surface area contributed by atoms with Crippen LogP contribution < -0.4 is 20.1 Å². The van der Waals surface area contributed by atoms with Crippen molar-refractivity contribution in [3.8, 4) is 11.5 Å². The largest absolute Gasteiger partial charge is 0.493 e. The van der Waals surface area contributed by atoms with Gasteiger partial charge in [-0.25, -0.2) is 0 Å². The van der Waals surface area contributed by atoms with Crippen molar-refractivity contribution < 1.29 is 23.9 Å². The standard InChI is InChI=1S/C22H21N3O5S/c1-13-7-9-15(10-8-13)23-18(26)12-30-19-14(5-4-6-17(19)29-3)11-16-20(27)24-22(31)25(2)21(16)28/h4-11H,12H2,1-3H3,(H,23,26)(H,24,27,31)/b16-11+. The van der Waals surface area contributed by atoms with Gasteiger partial charge in [0.2, 0.25) is 0 Å². The number of likely N-dealkylation sites (N-methyl/N-ethyl adjacent to an activating group) is 1. The molecule has 0 radical (unpaired) electrons. The maximum atomic E-state index is 12.5.